The van der Waals surface area contributed by atoms with E-state index in [2.05, 4.69) is 53.4 Å². The summed E-state index contributed by atoms with van der Waals surface area (Å²) in [5.41, 5.74) is 12.4. The fourth-order valence-electron chi connectivity index (χ4n) is 1.13. The number of rotatable bonds is 0. The van der Waals surface area contributed by atoms with Crippen LogP contribution in [0.3, 0.4) is 0 Å². The van der Waals surface area contributed by atoms with Gasteiger partial charge in [-0.05, 0) is 0 Å². The molecule has 1 rings (SSSR count). The summed E-state index contributed by atoms with van der Waals surface area (Å²) in [6.45, 7) is 22.4. The van der Waals surface area contributed by atoms with E-state index in [4.69, 9.17) is 5.73 Å². The molecule has 0 saturated carbocycles. The van der Waals surface area contributed by atoms with Crippen LogP contribution in [-0.2, 0) is 21.7 Å². The molecule has 1 nitrogen and oxygen atoms in total. The summed E-state index contributed by atoms with van der Waals surface area (Å²) in [5, 5.41) is 0. The molecule has 0 atom stereocenters. The van der Waals surface area contributed by atoms with Gasteiger partial charge in [0.15, 0.2) is 0 Å². The van der Waals surface area contributed by atoms with Crippen LogP contribution in [0, 0.1) is 41.7 Å². The smallest absolute Gasteiger partial charge is 0.673 e. The van der Waals surface area contributed by atoms with Crippen LogP contribution in [0.4, 0.5) is 0 Å². The van der Waals surface area contributed by atoms with Crippen molar-refractivity contribution in [2.45, 2.75) is 67.1 Å². The number of nitrogens with one attached hydrogen (secondary N) is 1. The molecule has 0 saturated heterocycles. The molecule has 0 aliphatic heterocycles. The minimum atomic E-state index is -0.389. The predicted octanol–water partition coefficient (Wildman–Crippen LogP) is 5.77. The minimum absolute atomic E-state index is 0. The first-order valence-corrected chi connectivity index (χ1v) is 9.77. The molecule has 1 N–H and O–H groups in total. The number of aryl methyl sites for hydroxylation is 2. The van der Waals surface area contributed by atoms with Crippen molar-refractivity contribution in [1.82, 2.24) is 0 Å². The third-order valence-electron chi connectivity index (χ3n) is 2.18. The molecule has 0 amide bonds. The minimum Gasteiger partial charge on any atom is -0.673 e. The molecule has 0 radical (unpaired) electrons. The molecule has 116 valence electrons. The van der Waals surface area contributed by atoms with Crippen molar-refractivity contribution >= 4 is 8.80 Å². The van der Waals surface area contributed by atoms with Crippen LogP contribution in [0.5, 0.6) is 0 Å². The maximum Gasteiger partial charge on any atom is 4.00 e. The van der Waals surface area contributed by atoms with Crippen molar-refractivity contribution in [3.8, 4) is 0 Å². The maximum absolute atomic E-state index is 6.94. The van der Waals surface area contributed by atoms with Gasteiger partial charge in [0.25, 0.3) is 0 Å². The molecule has 0 aliphatic carbocycles. The molecule has 1 aromatic carbocycles. The van der Waals surface area contributed by atoms with Crippen LogP contribution in [-0.4, -0.2) is 14.3 Å². The van der Waals surface area contributed by atoms with Crippen LogP contribution in [0.2, 0.25) is 13.1 Å². The second-order valence-corrected chi connectivity index (χ2v) is 9.19. The molecular weight excluding hydrogens is 294 g/mol. The molecule has 20 heavy (non-hydrogen) atoms. The van der Waals surface area contributed by atoms with E-state index >= 15 is 0 Å². The summed E-state index contributed by atoms with van der Waals surface area (Å²) in [6, 6.07) is 2.24. The van der Waals surface area contributed by atoms with Gasteiger partial charge in [-0.2, -0.15) is 28.3 Å². The molecule has 0 unspecified atom stereocenters. The molecule has 0 aromatic heterocycles. The van der Waals surface area contributed by atoms with Crippen LogP contribution in [0.15, 0.2) is 6.07 Å². The summed E-state index contributed by atoms with van der Waals surface area (Å²) >= 11 is 0. The average Bonchev–Trinajstić information content (AvgIpc) is 2.29. The zero-order valence-electron chi connectivity index (χ0n) is 15.4. The van der Waals surface area contributed by atoms with Gasteiger partial charge < -0.3 is 19.7 Å². The van der Waals surface area contributed by atoms with Gasteiger partial charge in [-0.15, -0.1) is 14.3 Å². The molecule has 0 heterocycles. The van der Waals surface area contributed by atoms with Crippen molar-refractivity contribution in [1.29, 1.82) is 0 Å². The van der Waals surface area contributed by atoms with Crippen molar-refractivity contribution < 1.29 is 21.7 Å². The molecule has 0 fully saturated rings. The Morgan fingerprint density at radius 3 is 1.45 bits per heavy atom. The summed E-state index contributed by atoms with van der Waals surface area (Å²) in [4.78, 5) is 0. The van der Waals surface area contributed by atoms with E-state index in [0.717, 1.165) is 0 Å². The predicted molar refractivity (Wildman–Crippen MR) is 95.7 cm³/mol. The van der Waals surface area contributed by atoms with E-state index in [1.165, 1.54) is 22.3 Å². The van der Waals surface area contributed by atoms with Gasteiger partial charge in [0.2, 0.25) is 0 Å². The van der Waals surface area contributed by atoms with Gasteiger partial charge in [-0.25, -0.2) is 0 Å². The monoisotopic (exact) mass is 329 g/mol. The van der Waals surface area contributed by atoms with Gasteiger partial charge in [-0.1, -0.05) is 61.6 Å². The summed E-state index contributed by atoms with van der Waals surface area (Å²) in [6.07, 6.45) is 0. The van der Waals surface area contributed by atoms with E-state index in [1.807, 2.05) is 20.8 Å². The Morgan fingerprint density at radius 1 is 1.15 bits per heavy atom. The van der Waals surface area contributed by atoms with Crippen molar-refractivity contribution in [3.63, 3.8) is 0 Å². The number of hydrogen-bond donors (Lipinski definition) is 0. The van der Waals surface area contributed by atoms with E-state index in [1.54, 1.807) is 0 Å². The van der Waals surface area contributed by atoms with Crippen LogP contribution < -0.4 is 0 Å². The van der Waals surface area contributed by atoms with Gasteiger partial charge in [0, 0.05) is 0 Å². The van der Waals surface area contributed by atoms with Gasteiger partial charge in [0.05, 0.1) is 0 Å². The van der Waals surface area contributed by atoms with Crippen molar-refractivity contribution in [3.05, 3.63) is 48.0 Å². The molecule has 0 bridgehead atoms. The second-order valence-electron chi connectivity index (χ2n) is 6.40. The van der Waals surface area contributed by atoms with Gasteiger partial charge in [0.1, 0.15) is 0 Å². The van der Waals surface area contributed by atoms with Crippen LogP contribution >= 0.6 is 0 Å². The Labute approximate surface area is 145 Å². The fourth-order valence-corrected chi connectivity index (χ4v) is 1.13. The largest absolute Gasteiger partial charge is 4.00 e. The first-order valence-electron chi connectivity index (χ1n) is 6.64. The van der Waals surface area contributed by atoms with Crippen molar-refractivity contribution in [2.75, 3.05) is 0 Å². The molecular formula is C17H35NSiTi. The Kier molecular flexibility index (Phi) is 18.4. The summed E-state index contributed by atoms with van der Waals surface area (Å²) in [5.74, 6) is 0. The standard InChI is InChI=1S/C9H13.C4H10N.C3H9Si.CH3.Ti/c1-6-5-7(2)9(4)8(6)3;1-4(2,3)5;1-4(2)3;;/h5H,1-4H3;5H,1-3H3;4H,1H2,2-3H3;1H3;/q4*-1;+4. The summed E-state index contributed by atoms with van der Waals surface area (Å²) in [7, 11) is -0.389. The Morgan fingerprint density at radius 2 is 1.40 bits per heavy atom. The normalized spacial score (nSPS) is 9.40. The van der Waals surface area contributed by atoms with E-state index in [9.17, 15) is 0 Å². The van der Waals surface area contributed by atoms with E-state index in [0.29, 0.717) is 0 Å². The first kappa shape index (κ1) is 28.4. The van der Waals surface area contributed by atoms with Crippen molar-refractivity contribution in [2.24, 2.45) is 0 Å². The third-order valence-corrected chi connectivity index (χ3v) is 2.18. The number of hydrogen-bond acceptors (Lipinski definition) is 0. The Balaban J connectivity index is -0.000000102. The van der Waals surface area contributed by atoms with E-state index < -0.39 is 0 Å². The average molecular weight is 329 g/mol. The maximum atomic E-state index is 6.94. The second kappa shape index (κ2) is 12.9. The summed E-state index contributed by atoms with van der Waals surface area (Å²) < 4.78 is 0. The van der Waals surface area contributed by atoms with E-state index in [-0.39, 0.29) is 43.5 Å². The SMILES string of the molecule is CC(C)(C)[NH-].Cc1c[c-](C)c(C)c1C.[CH2-][SiH](C)C.[CH3-].[Ti+4]. The Hall–Kier alpha value is 0.241. The fraction of sp³-hybridized carbons (Fsp3) is 0.588. The third kappa shape index (κ3) is 20.6. The first-order chi connectivity index (χ1) is 7.86. The molecule has 0 aliphatic rings. The van der Waals surface area contributed by atoms with Gasteiger partial charge in [-0.3, -0.25) is 0 Å². The quantitative estimate of drug-likeness (QED) is 0.426. The van der Waals surface area contributed by atoms with Crippen LogP contribution in [0.1, 0.15) is 43.0 Å². The van der Waals surface area contributed by atoms with Crippen LogP contribution in [0.25, 0.3) is 5.73 Å². The zero-order chi connectivity index (χ0) is 15.1. The Bertz CT molecular complexity index is 304. The topological polar surface area (TPSA) is 23.8 Å². The molecule has 3 heteroatoms. The molecule has 1 aromatic rings. The zero-order valence-corrected chi connectivity index (χ0v) is 18.1. The van der Waals surface area contributed by atoms with Gasteiger partial charge >= 0.3 is 21.7 Å². The molecule has 0 spiro atoms.